The Balaban J connectivity index is 1.40. The molecule has 2 aliphatic rings. The lowest BCUT2D eigenvalue weighted by Gasteiger charge is -2.17. The van der Waals surface area contributed by atoms with Gasteiger partial charge in [-0.1, -0.05) is 12.1 Å². The normalized spacial score (nSPS) is 17.5. The molecule has 0 radical (unpaired) electrons. The van der Waals surface area contributed by atoms with Crippen LogP contribution >= 0.6 is 22.7 Å². The van der Waals surface area contributed by atoms with Crippen LogP contribution in [0, 0.1) is 5.82 Å². The number of nitrogens with zero attached hydrogens (tertiary/aromatic N) is 3. The highest BCUT2D eigenvalue weighted by Gasteiger charge is 2.40. The van der Waals surface area contributed by atoms with Crippen molar-refractivity contribution in [2.45, 2.75) is 30.6 Å². The maximum atomic E-state index is 14.5. The Morgan fingerprint density at radius 1 is 1.06 bits per heavy atom. The van der Waals surface area contributed by atoms with Crippen LogP contribution in [0.15, 0.2) is 52.2 Å². The molecule has 8 nitrogen and oxygen atoms in total. The molecule has 0 fully saturated rings. The molecule has 1 amide bonds. The first-order chi connectivity index (χ1) is 22.5. The van der Waals surface area contributed by atoms with Crippen molar-refractivity contribution in [3.63, 3.8) is 0 Å². The Bertz CT molecular complexity index is 2150. The van der Waals surface area contributed by atoms with E-state index in [4.69, 9.17) is 19.4 Å². The Kier molecular flexibility index (Phi) is 8.37. The van der Waals surface area contributed by atoms with Gasteiger partial charge < -0.3 is 14.8 Å². The SMILES string of the molecule is COCCOc1cc(F)ccc1-c1c(-c2nc3c(s2)CNCC3)nc(-c2ccc3c(c2)CS(=O)(=NC(=O)C(F)(F)F)C3)c2ccsc12. The average molecular weight is 703 g/mol. The molecule has 7 rings (SSSR count). The maximum absolute atomic E-state index is 14.5. The highest BCUT2D eigenvalue weighted by Crippen LogP contribution is 2.47. The van der Waals surface area contributed by atoms with Crippen molar-refractivity contribution in [1.82, 2.24) is 15.3 Å². The number of carbonyl (C=O) groups is 1. The lowest BCUT2D eigenvalue weighted by Crippen LogP contribution is -2.22. The van der Waals surface area contributed by atoms with E-state index in [0.717, 1.165) is 39.2 Å². The van der Waals surface area contributed by atoms with Gasteiger partial charge in [-0.3, -0.25) is 4.79 Å². The molecule has 1 unspecified atom stereocenters. The molecule has 15 heteroatoms. The van der Waals surface area contributed by atoms with E-state index in [9.17, 15) is 26.6 Å². The predicted octanol–water partition coefficient (Wildman–Crippen LogP) is 7.13. The summed E-state index contributed by atoms with van der Waals surface area (Å²) in [7, 11) is -1.92. The lowest BCUT2D eigenvalue weighted by molar-refractivity contribution is -0.169. The molecule has 5 aromatic rings. The van der Waals surface area contributed by atoms with Gasteiger partial charge in [-0.15, -0.1) is 22.7 Å². The summed E-state index contributed by atoms with van der Waals surface area (Å²) in [5.41, 5.74) is 5.31. The lowest BCUT2D eigenvalue weighted by atomic mass is 9.97. The number of hydrogen-bond acceptors (Lipinski definition) is 9. The summed E-state index contributed by atoms with van der Waals surface area (Å²) >= 11 is 3.01. The summed E-state index contributed by atoms with van der Waals surface area (Å²) in [6.45, 7) is 2.01. The van der Waals surface area contributed by atoms with Gasteiger partial charge in [0.05, 0.1) is 39.2 Å². The summed E-state index contributed by atoms with van der Waals surface area (Å²) < 4.78 is 81.6. The number of fused-ring (bicyclic) bond motifs is 3. The fraction of sp³-hybridized carbons (Fsp3) is 0.281. The second-order valence-electron chi connectivity index (χ2n) is 11.1. The Hall–Kier alpha value is -3.76. The number of thiophene rings is 1. The van der Waals surface area contributed by atoms with Crippen LogP contribution in [0.25, 0.3) is 43.2 Å². The van der Waals surface area contributed by atoms with Crippen molar-refractivity contribution < 1.29 is 36.0 Å². The number of benzene rings is 2. The van der Waals surface area contributed by atoms with Crippen LogP contribution in [-0.2, 0) is 43.7 Å². The second kappa shape index (κ2) is 12.4. The van der Waals surface area contributed by atoms with E-state index in [1.165, 1.54) is 34.8 Å². The number of halogens is 4. The number of hydrogen-bond donors (Lipinski definition) is 1. The largest absolute Gasteiger partial charge is 0.490 e. The molecule has 5 heterocycles. The van der Waals surface area contributed by atoms with Crippen LogP contribution in [0.5, 0.6) is 5.75 Å². The third-order valence-electron chi connectivity index (χ3n) is 7.90. The van der Waals surface area contributed by atoms with Crippen LogP contribution in [-0.4, -0.2) is 53.1 Å². The minimum atomic E-state index is -5.19. The summed E-state index contributed by atoms with van der Waals surface area (Å²) in [5, 5.41) is 6.78. The van der Waals surface area contributed by atoms with Gasteiger partial charge in [0.25, 0.3) is 0 Å². The third-order valence-corrected chi connectivity index (χ3v) is 12.0. The summed E-state index contributed by atoms with van der Waals surface area (Å²) in [5.74, 6) is -2.99. The standard InChI is InChI=1S/C32H26F4N4O4S3/c1-43-9-10-44-24-13-20(33)4-5-21(24)26-28(30-38-23-6-8-37-14-25(23)46-30)39-27(22-7-11-45-29(22)26)17-2-3-18-15-47(42,16-19(18)12-17)40-31(41)32(34,35)36/h2-5,7,11-13,37H,6,8-10,14-16H2,1H3. The molecular formula is C32H26F4N4O4S3. The predicted molar refractivity (Wildman–Crippen MR) is 173 cm³/mol. The summed E-state index contributed by atoms with van der Waals surface area (Å²) in [6, 6.07) is 11.6. The Morgan fingerprint density at radius 3 is 2.68 bits per heavy atom. The fourth-order valence-corrected chi connectivity index (χ4v) is 9.98. The van der Waals surface area contributed by atoms with Crippen LogP contribution < -0.4 is 10.1 Å². The van der Waals surface area contributed by atoms with E-state index < -0.39 is 27.6 Å². The summed E-state index contributed by atoms with van der Waals surface area (Å²) in [4.78, 5) is 22.9. The van der Waals surface area contributed by atoms with Crippen molar-refractivity contribution in [3.05, 3.63) is 75.4 Å². The van der Waals surface area contributed by atoms with E-state index in [0.29, 0.717) is 57.6 Å². The second-order valence-corrected chi connectivity index (χ2v) is 15.4. The highest BCUT2D eigenvalue weighted by atomic mass is 32.2. The molecule has 3 aromatic heterocycles. The van der Waals surface area contributed by atoms with E-state index in [-0.39, 0.29) is 18.1 Å². The van der Waals surface area contributed by atoms with Crippen molar-refractivity contribution in [1.29, 1.82) is 0 Å². The first kappa shape index (κ1) is 31.8. The molecule has 0 spiro atoms. The molecule has 0 saturated heterocycles. The minimum Gasteiger partial charge on any atom is -0.490 e. The van der Waals surface area contributed by atoms with Gasteiger partial charge in [0.2, 0.25) is 0 Å². The van der Waals surface area contributed by atoms with E-state index in [1.807, 2.05) is 11.4 Å². The highest BCUT2D eigenvalue weighted by molar-refractivity contribution is 7.92. The van der Waals surface area contributed by atoms with Gasteiger partial charge in [0, 0.05) is 64.3 Å². The zero-order chi connectivity index (χ0) is 32.9. The topological polar surface area (TPSA) is 103 Å². The Labute approximate surface area is 275 Å². The van der Waals surface area contributed by atoms with Crippen molar-refractivity contribution in [2.24, 2.45) is 4.36 Å². The molecule has 244 valence electrons. The number of aromatic nitrogens is 2. The number of thiazole rings is 1. The molecule has 0 aliphatic carbocycles. The van der Waals surface area contributed by atoms with Gasteiger partial charge in [0.15, 0.2) is 0 Å². The zero-order valence-corrected chi connectivity index (χ0v) is 27.2. The molecule has 0 saturated carbocycles. The third kappa shape index (κ3) is 6.18. The van der Waals surface area contributed by atoms with Gasteiger partial charge in [0.1, 0.15) is 28.9 Å². The Morgan fingerprint density at radius 2 is 1.89 bits per heavy atom. The first-order valence-electron chi connectivity index (χ1n) is 14.5. The molecule has 1 atom stereocenters. The van der Waals surface area contributed by atoms with E-state index >= 15 is 0 Å². The fourth-order valence-electron chi connectivity index (χ4n) is 5.79. The van der Waals surface area contributed by atoms with Crippen molar-refractivity contribution in [3.8, 4) is 38.8 Å². The first-order valence-corrected chi connectivity index (χ1v) is 18.1. The quantitative estimate of drug-likeness (QED) is 0.142. The number of alkyl halides is 3. The molecule has 47 heavy (non-hydrogen) atoms. The molecular weight excluding hydrogens is 677 g/mol. The van der Waals surface area contributed by atoms with E-state index in [1.54, 1.807) is 31.4 Å². The molecule has 1 N–H and O–H groups in total. The maximum Gasteiger partial charge on any atom is 0.474 e. The zero-order valence-electron chi connectivity index (χ0n) is 24.8. The van der Waals surface area contributed by atoms with Crippen molar-refractivity contribution >= 4 is 48.4 Å². The average Bonchev–Trinajstić information content (AvgIpc) is 3.76. The van der Waals surface area contributed by atoms with Gasteiger partial charge >= 0.3 is 12.1 Å². The number of amides is 1. The monoisotopic (exact) mass is 702 g/mol. The minimum absolute atomic E-state index is 0.206. The van der Waals surface area contributed by atoms with Crippen LogP contribution in [0.3, 0.4) is 0 Å². The number of methoxy groups -OCH3 is 1. The number of carbonyl (C=O) groups excluding carboxylic acids is 1. The van der Waals surface area contributed by atoms with E-state index in [2.05, 4.69) is 9.68 Å². The van der Waals surface area contributed by atoms with Crippen LogP contribution in [0.2, 0.25) is 0 Å². The number of rotatable bonds is 7. The molecule has 2 aromatic carbocycles. The number of ether oxygens (including phenoxy) is 2. The van der Waals surface area contributed by atoms with Crippen LogP contribution in [0.1, 0.15) is 21.7 Å². The van der Waals surface area contributed by atoms with Gasteiger partial charge in [-0.25, -0.2) is 18.6 Å². The van der Waals surface area contributed by atoms with Crippen LogP contribution in [0.4, 0.5) is 17.6 Å². The number of nitrogens with one attached hydrogen (secondary N) is 1. The van der Waals surface area contributed by atoms with Crippen molar-refractivity contribution in [2.75, 3.05) is 26.9 Å². The van der Waals surface area contributed by atoms with Gasteiger partial charge in [-0.2, -0.15) is 17.5 Å². The summed E-state index contributed by atoms with van der Waals surface area (Å²) in [6.07, 6.45) is -4.43. The number of pyridine rings is 1. The van der Waals surface area contributed by atoms with Gasteiger partial charge in [-0.05, 0) is 40.8 Å². The smallest absolute Gasteiger partial charge is 0.474 e. The molecule has 0 bridgehead atoms. The molecule has 2 aliphatic heterocycles.